The van der Waals surface area contributed by atoms with E-state index in [1.54, 1.807) is 80.1 Å². The fourth-order valence-electron chi connectivity index (χ4n) is 3.84. The van der Waals surface area contributed by atoms with E-state index in [1.165, 1.54) is 12.1 Å². The number of amides is 3. The number of rotatable bonds is 7. The molecule has 0 saturated heterocycles. The van der Waals surface area contributed by atoms with E-state index >= 15 is 0 Å². The lowest BCUT2D eigenvalue weighted by molar-refractivity contribution is -0.124. The monoisotopic (exact) mass is 520 g/mol. The van der Waals surface area contributed by atoms with Crippen molar-refractivity contribution < 1.29 is 18.8 Å². The highest BCUT2D eigenvalue weighted by atomic mass is 35.5. The zero-order valence-electron chi connectivity index (χ0n) is 20.6. The molecule has 0 aliphatic rings. The van der Waals surface area contributed by atoms with Crippen molar-refractivity contribution in [2.45, 2.75) is 20.4 Å². The van der Waals surface area contributed by atoms with Crippen LogP contribution in [0.15, 0.2) is 66.7 Å². The number of carbonyl (C=O) groups is 3. The van der Waals surface area contributed by atoms with E-state index in [4.69, 9.17) is 11.6 Å². The number of benzene rings is 3. The fourth-order valence-corrected chi connectivity index (χ4v) is 4.05. The van der Waals surface area contributed by atoms with Crippen LogP contribution in [0.25, 0.3) is 10.9 Å². The average molecular weight is 521 g/mol. The van der Waals surface area contributed by atoms with Crippen molar-refractivity contribution in [2.75, 3.05) is 10.6 Å². The zero-order valence-corrected chi connectivity index (χ0v) is 21.3. The molecule has 0 spiro atoms. The Kier molecular flexibility index (Phi) is 7.59. The van der Waals surface area contributed by atoms with Gasteiger partial charge in [0, 0.05) is 36.1 Å². The molecule has 0 saturated carbocycles. The van der Waals surface area contributed by atoms with Gasteiger partial charge in [0.1, 0.15) is 11.5 Å². The van der Waals surface area contributed by atoms with E-state index in [9.17, 15) is 18.8 Å². The lowest BCUT2D eigenvalue weighted by atomic mass is 10.1. The van der Waals surface area contributed by atoms with E-state index in [2.05, 4.69) is 16.0 Å². The molecule has 9 heteroatoms. The lowest BCUT2D eigenvalue weighted by Crippen LogP contribution is -2.27. The number of halogens is 2. The number of hydrogen-bond acceptors (Lipinski definition) is 3. The summed E-state index contributed by atoms with van der Waals surface area (Å²) in [5.41, 5.74) is 2.72. The van der Waals surface area contributed by atoms with Gasteiger partial charge < -0.3 is 20.5 Å². The number of fused-ring (bicyclic) bond motifs is 1. The van der Waals surface area contributed by atoms with E-state index in [0.29, 0.717) is 11.4 Å². The molecule has 3 amide bonds. The molecule has 4 rings (SSSR count). The third-order valence-electron chi connectivity index (χ3n) is 5.92. The van der Waals surface area contributed by atoms with Crippen molar-refractivity contribution in [3.63, 3.8) is 0 Å². The van der Waals surface area contributed by atoms with Gasteiger partial charge in [0.15, 0.2) is 0 Å². The van der Waals surface area contributed by atoms with Crippen molar-refractivity contribution in [2.24, 2.45) is 13.0 Å². The van der Waals surface area contributed by atoms with Gasteiger partial charge in [-0.15, -0.1) is 0 Å². The standard InChI is InChI=1S/C28H26ClFN4O3/c1-16(2)26(35)31-15-17-8-10-21(29)20(12-17)27(36)32-19-9-11-24-18(13-19)14-25(34(24)3)28(37)33-23-7-5-4-6-22(23)30/h4-14,16H,15H2,1-3H3,(H,31,35)(H,32,36)(H,33,37). The van der Waals surface area contributed by atoms with Gasteiger partial charge >= 0.3 is 0 Å². The third-order valence-corrected chi connectivity index (χ3v) is 6.25. The molecule has 3 aromatic carbocycles. The number of aromatic nitrogens is 1. The van der Waals surface area contributed by atoms with Crippen LogP contribution in [-0.4, -0.2) is 22.3 Å². The van der Waals surface area contributed by atoms with Crippen LogP contribution in [0.2, 0.25) is 5.02 Å². The second kappa shape index (κ2) is 10.8. The highest BCUT2D eigenvalue weighted by Gasteiger charge is 2.17. The molecule has 1 aromatic heterocycles. The summed E-state index contributed by atoms with van der Waals surface area (Å²) in [7, 11) is 1.74. The molecule has 1 heterocycles. The molecular weight excluding hydrogens is 495 g/mol. The lowest BCUT2D eigenvalue weighted by Gasteiger charge is -2.11. The molecule has 0 bridgehead atoms. The minimum atomic E-state index is -0.523. The number of hydrogen-bond donors (Lipinski definition) is 3. The average Bonchev–Trinajstić information content (AvgIpc) is 3.20. The van der Waals surface area contributed by atoms with E-state index in [1.807, 2.05) is 0 Å². The quantitative estimate of drug-likeness (QED) is 0.290. The zero-order chi connectivity index (χ0) is 26.7. The minimum Gasteiger partial charge on any atom is -0.352 e. The summed E-state index contributed by atoms with van der Waals surface area (Å²) < 4.78 is 15.7. The third kappa shape index (κ3) is 5.81. The summed E-state index contributed by atoms with van der Waals surface area (Å²) in [5.74, 6) is -1.62. The van der Waals surface area contributed by atoms with Gasteiger partial charge in [0.05, 0.1) is 16.3 Å². The first-order chi connectivity index (χ1) is 17.6. The van der Waals surface area contributed by atoms with Crippen LogP contribution in [0, 0.1) is 11.7 Å². The van der Waals surface area contributed by atoms with Gasteiger partial charge in [0.2, 0.25) is 5.91 Å². The van der Waals surface area contributed by atoms with Crippen LogP contribution >= 0.6 is 11.6 Å². The van der Waals surface area contributed by atoms with Crippen LogP contribution < -0.4 is 16.0 Å². The molecule has 0 atom stereocenters. The van der Waals surface area contributed by atoms with Gasteiger partial charge in [-0.3, -0.25) is 14.4 Å². The summed E-state index contributed by atoms with van der Waals surface area (Å²) >= 11 is 6.28. The maximum Gasteiger partial charge on any atom is 0.272 e. The van der Waals surface area contributed by atoms with Gasteiger partial charge in [-0.1, -0.05) is 43.6 Å². The Hall–Kier alpha value is -4.17. The van der Waals surface area contributed by atoms with Crippen LogP contribution in [0.3, 0.4) is 0 Å². The van der Waals surface area contributed by atoms with Crippen molar-refractivity contribution in [3.8, 4) is 0 Å². The van der Waals surface area contributed by atoms with E-state index in [-0.39, 0.29) is 34.6 Å². The van der Waals surface area contributed by atoms with Gasteiger partial charge in [-0.05, 0) is 54.1 Å². The second-order valence-corrected chi connectivity index (χ2v) is 9.34. The molecule has 3 N–H and O–H groups in total. The Bertz CT molecular complexity index is 1510. The highest BCUT2D eigenvalue weighted by molar-refractivity contribution is 6.34. The fraction of sp³-hybridized carbons (Fsp3) is 0.179. The summed E-state index contributed by atoms with van der Waals surface area (Å²) in [4.78, 5) is 37.7. The summed E-state index contributed by atoms with van der Waals surface area (Å²) in [6, 6.07) is 17.9. The first-order valence-electron chi connectivity index (χ1n) is 11.7. The Morgan fingerprint density at radius 2 is 1.70 bits per heavy atom. The van der Waals surface area contributed by atoms with Gasteiger partial charge in [-0.25, -0.2) is 4.39 Å². The van der Waals surface area contributed by atoms with Crippen molar-refractivity contribution in [1.29, 1.82) is 0 Å². The smallest absolute Gasteiger partial charge is 0.272 e. The number of anilines is 2. The number of nitrogens with zero attached hydrogens (tertiary/aromatic N) is 1. The number of para-hydroxylation sites is 1. The molecule has 0 aliphatic carbocycles. The van der Waals surface area contributed by atoms with Crippen LogP contribution in [0.5, 0.6) is 0 Å². The summed E-state index contributed by atoms with van der Waals surface area (Å²) in [6.45, 7) is 3.89. The minimum absolute atomic E-state index is 0.0842. The predicted molar refractivity (Wildman–Crippen MR) is 143 cm³/mol. The first kappa shape index (κ1) is 25.9. The van der Waals surface area contributed by atoms with Gasteiger partial charge in [0.25, 0.3) is 11.8 Å². The van der Waals surface area contributed by atoms with Crippen LogP contribution in [-0.2, 0) is 18.4 Å². The molecule has 7 nitrogen and oxygen atoms in total. The van der Waals surface area contributed by atoms with E-state index < -0.39 is 17.6 Å². The molecule has 37 heavy (non-hydrogen) atoms. The SMILES string of the molecule is CC(C)C(=O)NCc1ccc(Cl)c(C(=O)Nc2ccc3c(c2)cc(C(=O)Nc2ccccc2F)n3C)c1. The molecule has 190 valence electrons. The van der Waals surface area contributed by atoms with E-state index in [0.717, 1.165) is 16.5 Å². The maximum atomic E-state index is 14.0. The summed E-state index contributed by atoms with van der Waals surface area (Å²) in [5, 5.41) is 9.24. The Balaban J connectivity index is 1.52. The van der Waals surface area contributed by atoms with Crippen LogP contribution in [0.4, 0.5) is 15.8 Å². The highest BCUT2D eigenvalue weighted by Crippen LogP contribution is 2.25. The maximum absolute atomic E-state index is 14.0. The molecule has 0 radical (unpaired) electrons. The number of carbonyl (C=O) groups excluding carboxylic acids is 3. The second-order valence-electron chi connectivity index (χ2n) is 8.94. The molecular formula is C28H26ClFN4O3. The van der Waals surface area contributed by atoms with Crippen molar-refractivity contribution >= 4 is 51.6 Å². The van der Waals surface area contributed by atoms with Crippen molar-refractivity contribution in [1.82, 2.24) is 9.88 Å². The number of nitrogens with one attached hydrogen (secondary N) is 3. The Morgan fingerprint density at radius 1 is 0.946 bits per heavy atom. The number of aryl methyl sites for hydroxylation is 1. The molecule has 0 aliphatic heterocycles. The Morgan fingerprint density at radius 3 is 2.43 bits per heavy atom. The predicted octanol–water partition coefficient (Wildman–Crippen LogP) is 5.75. The molecule has 4 aromatic rings. The molecule has 0 unspecified atom stereocenters. The molecule has 0 fully saturated rings. The first-order valence-corrected chi connectivity index (χ1v) is 12.0. The van der Waals surface area contributed by atoms with Gasteiger partial charge in [-0.2, -0.15) is 0 Å². The van der Waals surface area contributed by atoms with Crippen LogP contribution in [0.1, 0.15) is 40.3 Å². The summed E-state index contributed by atoms with van der Waals surface area (Å²) in [6.07, 6.45) is 0. The normalized spacial score (nSPS) is 11.0. The largest absolute Gasteiger partial charge is 0.352 e. The van der Waals surface area contributed by atoms with Crippen molar-refractivity contribution in [3.05, 3.63) is 94.4 Å². The Labute approximate surface area is 218 Å². The topological polar surface area (TPSA) is 92.2 Å².